The number of hydrogen-bond donors (Lipinski definition) is 1. The van der Waals surface area contributed by atoms with Gasteiger partial charge in [-0.3, -0.25) is 19.3 Å². The number of anilines is 1. The molecular formula is C25H22FN3O3S. The molecule has 1 saturated heterocycles. The fourth-order valence-electron chi connectivity index (χ4n) is 3.79. The van der Waals surface area contributed by atoms with Crippen LogP contribution in [0.1, 0.15) is 22.5 Å². The van der Waals surface area contributed by atoms with Gasteiger partial charge in [-0.1, -0.05) is 18.2 Å². The molecule has 33 heavy (non-hydrogen) atoms. The molecule has 1 fully saturated rings. The molecule has 1 aliphatic rings. The minimum absolute atomic E-state index is 0.239. The number of nitrogens with zero attached hydrogens (tertiary/aromatic N) is 2. The largest absolute Gasteiger partial charge is 0.325 e. The Morgan fingerprint density at radius 1 is 1.06 bits per heavy atom. The van der Waals surface area contributed by atoms with Crippen molar-refractivity contribution in [3.8, 4) is 5.69 Å². The molecular weight excluding hydrogens is 441 g/mol. The molecule has 1 aliphatic heterocycles. The van der Waals surface area contributed by atoms with Gasteiger partial charge in [0, 0.05) is 22.8 Å². The number of halogens is 1. The molecule has 1 aromatic heterocycles. The highest BCUT2D eigenvalue weighted by molar-refractivity contribution is 8.18. The number of nitrogens with one attached hydrogen (secondary N) is 1. The number of aryl methyl sites for hydroxylation is 2. The zero-order chi connectivity index (χ0) is 23.7. The van der Waals surface area contributed by atoms with E-state index in [0.29, 0.717) is 11.4 Å². The summed E-state index contributed by atoms with van der Waals surface area (Å²) in [5, 5.41) is 2.21. The van der Waals surface area contributed by atoms with Crippen LogP contribution in [-0.4, -0.2) is 33.1 Å². The van der Waals surface area contributed by atoms with Crippen LogP contribution in [0, 0.1) is 26.6 Å². The summed E-state index contributed by atoms with van der Waals surface area (Å²) >= 11 is 0.799. The monoisotopic (exact) mass is 463 g/mol. The van der Waals surface area contributed by atoms with E-state index in [1.54, 1.807) is 30.3 Å². The minimum Gasteiger partial charge on any atom is -0.325 e. The first-order chi connectivity index (χ1) is 15.7. The number of amides is 3. The van der Waals surface area contributed by atoms with Crippen LogP contribution >= 0.6 is 11.8 Å². The molecule has 168 valence electrons. The molecule has 3 aromatic rings. The lowest BCUT2D eigenvalue weighted by Crippen LogP contribution is -2.36. The van der Waals surface area contributed by atoms with E-state index in [1.165, 1.54) is 12.1 Å². The van der Waals surface area contributed by atoms with Gasteiger partial charge in [0.05, 0.1) is 4.91 Å². The van der Waals surface area contributed by atoms with E-state index in [1.807, 2.05) is 43.5 Å². The summed E-state index contributed by atoms with van der Waals surface area (Å²) in [6, 6.07) is 15.4. The average Bonchev–Trinajstić information content (AvgIpc) is 3.17. The Bertz CT molecular complexity index is 1310. The predicted molar refractivity (Wildman–Crippen MR) is 128 cm³/mol. The van der Waals surface area contributed by atoms with E-state index in [0.717, 1.165) is 39.2 Å². The fraction of sp³-hybridized carbons (Fsp3) is 0.160. The van der Waals surface area contributed by atoms with E-state index in [-0.39, 0.29) is 17.3 Å². The first kappa shape index (κ1) is 22.5. The molecule has 0 atom stereocenters. The summed E-state index contributed by atoms with van der Waals surface area (Å²) in [6.45, 7) is 5.29. The van der Waals surface area contributed by atoms with Gasteiger partial charge < -0.3 is 9.88 Å². The third-order valence-corrected chi connectivity index (χ3v) is 6.21. The highest BCUT2D eigenvalue weighted by atomic mass is 32.2. The Labute approximate surface area is 195 Å². The zero-order valence-corrected chi connectivity index (χ0v) is 19.2. The van der Waals surface area contributed by atoms with Gasteiger partial charge in [0.1, 0.15) is 12.4 Å². The number of aromatic nitrogens is 1. The topological polar surface area (TPSA) is 71.4 Å². The number of benzene rings is 2. The van der Waals surface area contributed by atoms with Gasteiger partial charge >= 0.3 is 0 Å². The Morgan fingerprint density at radius 2 is 1.82 bits per heavy atom. The molecule has 8 heteroatoms. The van der Waals surface area contributed by atoms with Gasteiger partial charge in [-0.25, -0.2) is 4.39 Å². The van der Waals surface area contributed by atoms with Crippen molar-refractivity contribution in [1.82, 2.24) is 9.47 Å². The maximum absolute atomic E-state index is 13.7. The van der Waals surface area contributed by atoms with Gasteiger partial charge in [0.2, 0.25) is 5.91 Å². The average molecular weight is 464 g/mol. The van der Waals surface area contributed by atoms with Crippen molar-refractivity contribution in [1.29, 1.82) is 0 Å². The third-order valence-electron chi connectivity index (χ3n) is 5.30. The second-order valence-electron chi connectivity index (χ2n) is 7.83. The second-order valence-corrected chi connectivity index (χ2v) is 8.82. The highest BCUT2D eigenvalue weighted by Crippen LogP contribution is 2.33. The highest BCUT2D eigenvalue weighted by Gasteiger charge is 2.36. The summed E-state index contributed by atoms with van der Waals surface area (Å²) in [5.74, 6) is -1.31. The minimum atomic E-state index is -0.514. The molecule has 2 aromatic carbocycles. The van der Waals surface area contributed by atoms with Gasteiger partial charge in [0.25, 0.3) is 11.1 Å². The van der Waals surface area contributed by atoms with Crippen LogP contribution in [0.2, 0.25) is 0 Å². The number of rotatable bonds is 5. The molecule has 0 saturated carbocycles. The van der Waals surface area contributed by atoms with Gasteiger partial charge in [-0.2, -0.15) is 0 Å². The first-order valence-corrected chi connectivity index (χ1v) is 11.1. The normalized spacial score (nSPS) is 14.9. The van der Waals surface area contributed by atoms with Crippen molar-refractivity contribution in [3.05, 3.63) is 87.8 Å². The van der Waals surface area contributed by atoms with E-state index in [9.17, 15) is 18.8 Å². The summed E-state index contributed by atoms with van der Waals surface area (Å²) in [5.41, 5.74) is 4.67. The van der Waals surface area contributed by atoms with E-state index >= 15 is 0 Å². The van der Waals surface area contributed by atoms with Crippen molar-refractivity contribution in [2.24, 2.45) is 0 Å². The van der Waals surface area contributed by atoms with Crippen molar-refractivity contribution >= 4 is 40.6 Å². The molecule has 3 amide bonds. The Hall–Kier alpha value is -3.65. The van der Waals surface area contributed by atoms with Crippen molar-refractivity contribution < 1.29 is 18.8 Å². The van der Waals surface area contributed by atoms with Crippen LogP contribution < -0.4 is 5.32 Å². The summed E-state index contributed by atoms with van der Waals surface area (Å²) < 4.78 is 15.6. The zero-order valence-electron chi connectivity index (χ0n) is 18.4. The maximum Gasteiger partial charge on any atom is 0.294 e. The van der Waals surface area contributed by atoms with Gasteiger partial charge in [-0.05, 0) is 86.1 Å². The second kappa shape index (κ2) is 9.07. The van der Waals surface area contributed by atoms with E-state index in [2.05, 4.69) is 5.32 Å². The lowest BCUT2D eigenvalue weighted by Gasteiger charge is -2.12. The molecule has 0 spiro atoms. The number of carbonyl (C=O) groups excluding carboxylic acids is 3. The Balaban J connectivity index is 1.53. The predicted octanol–water partition coefficient (Wildman–Crippen LogP) is 5.22. The number of imide groups is 1. The van der Waals surface area contributed by atoms with Crippen molar-refractivity contribution in [3.63, 3.8) is 0 Å². The molecule has 1 N–H and O–H groups in total. The first-order valence-electron chi connectivity index (χ1n) is 10.3. The molecule has 0 unspecified atom stereocenters. The Kier molecular flexibility index (Phi) is 6.20. The number of thioether (sulfide) groups is 1. The van der Waals surface area contributed by atoms with Crippen LogP contribution in [0.5, 0.6) is 0 Å². The number of carbonyl (C=O) groups is 3. The summed E-state index contributed by atoms with van der Waals surface area (Å²) in [4.78, 5) is 38.9. The smallest absolute Gasteiger partial charge is 0.294 e. The summed E-state index contributed by atoms with van der Waals surface area (Å²) in [7, 11) is 0. The molecule has 2 heterocycles. The standard InChI is InChI=1S/C25H22FN3O3S/c1-15-6-4-8-20(10-15)27-23(30)14-28-24(31)22(33-25(28)32)12-18-11-16(2)29(17(18)3)21-9-5-7-19(26)13-21/h4-13H,14H2,1-3H3,(H,27,30)/b22-12-. The van der Waals surface area contributed by atoms with Crippen LogP contribution in [0.3, 0.4) is 0 Å². The maximum atomic E-state index is 13.7. The molecule has 0 aliphatic carbocycles. The van der Waals surface area contributed by atoms with E-state index in [4.69, 9.17) is 0 Å². The fourth-order valence-corrected chi connectivity index (χ4v) is 4.62. The lowest BCUT2D eigenvalue weighted by atomic mass is 10.2. The van der Waals surface area contributed by atoms with E-state index < -0.39 is 17.1 Å². The van der Waals surface area contributed by atoms with Gasteiger partial charge in [-0.15, -0.1) is 0 Å². The molecule has 4 rings (SSSR count). The lowest BCUT2D eigenvalue weighted by molar-refractivity contribution is -0.127. The molecule has 6 nitrogen and oxygen atoms in total. The van der Waals surface area contributed by atoms with Crippen LogP contribution in [0.25, 0.3) is 11.8 Å². The number of hydrogen-bond acceptors (Lipinski definition) is 4. The molecule has 0 bridgehead atoms. The van der Waals surface area contributed by atoms with Crippen LogP contribution in [-0.2, 0) is 9.59 Å². The van der Waals surface area contributed by atoms with Gasteiger partial charge in [0.15, 0.2) is 0 Å². The SMILES string of the molecule is Cc1cccc(NC(=O)CN2C(=O)S/C(=C\c3cc(C)n(-c4cccc(F)c4)c3C)C2=O)c1. The Morgan fingerprint density at radius 3 is 2.55 bits per heavy atom. The van der Waals surface area contributed by atoms with Crippen molar-refractivity contribution in [2.45, 2.75) is 20.8 Å². The summed E-state index contributed by atoms with van der Waals surface area (Å²) in [6.07, 6.45) is 1.64. The quantitative estimate of drug-likeness (QED) is 0.527. The van der Waals surface area contributed by atoms with Crippen LogP contribution in [0.4, 0.5) is 14.9 Å². The van der Waals surface area contributed by atoms with Crippen LogP contribution in [0.15, 0.2) is 59.5 Å². The van der Waals surface area contributed by atoms with Crippen molar-refractivity contribution in [2.75, 3.05) is 11.9 Å². The molecule has 0 radical (unpaired) electrons. The third kappa shape index (κ3) is 4.75.